The van der Waals surface area contributed by atoms with Crippen LogP contribution in [-0.4, -0.2) is 66.4 Å². The third-order valence-corrected chi connectivity index (χ3v) is 5.57. The molecule has 2 rings (SSSR count). The van der Waals surface area contributed by atoms with E-state index in [0.29, 0.717) is 12.6 Å². The lowest BCUT2D eigenvalue weighted by atomic mass is 10.1. The molecule has 2 fully saturated rings. The fourth-order valence-electron chi connectivity index (χ4n) is 3.10. The van der Waals surface area contributed by atoms with Gasteiger partial charge in [-0.2, -0.15) is 0 Å². The van der Waals surface area contributed by atoms with E-state index in [2.05, 4.69) is 0 Å². The van der Waals surface area contributed by atoms with Gasteiger partial charge in [0.15, 0.2) is 9.84 Å². The highest BCUT2D eigenvalue weighted by Crippen LogP contribution is 2.28. The van der Waals surface area contributed by atoms with E-state index in [9.17, 15) is 13.5 Å². The summed E-state index contributed by atoms with van der Waals surface area (Å²) in [5.74, 6) is -0.100. The third-order valence-electron chi connectivity index (χ3n) is 3.87. The van der Waals surface area contributed by atoms with Crippen LogP contribution in [0.15, 0.2) is 0 Å². The number of aliphatic hydroxyl groups excluding tert-OH is 2. The van der Waals surface area contributed by atoms with Gasteiger partial charge in [0.25, 0.3) is 0 Å². The molecule has 0 aromatic rings. The number of hydrogen-bond acceptors (Lipinski definition) is 5. The minimum Gasteiger partial charge on any atom is -0.395 e. The first-order chi connectivity index (χ1) is 8.03. The van der Waals surface area contributed by atoms with Crippen molar-refractivity contribution in [3.05, 3.63) is 0 Å². The first kappa shape index (κ1) is 13.3. The summed E-state index contributed by atoms with van der Waals surface area (Å²) in [6.07, 6.45) is 3.60. The maximum absolute atomic E-state index is 11.5. The molecule has 0 bridgehead atoms. The van der Waals surface area contributed by atoms with E-state index in [1.165, 1.54) is 0 Å². The molecule has 1 aliphatic carbocycles. The molecule has 1 saturated heterocycles. The van der Waals surface area contributed by atoms with Crippen LogP contribution in [0.25, 0.3) is 0 Å². The van der Waals surface area contributed by atoms with Crippen LogP contribution in [0, 0.1) is 0 Å². The largest absolute Gasteiger partial charge is 0.395 e. The van der Waals surface area contributed by atoms with Gasteiger partial charge in [0.05, 0.1) is 30.3 Å². The van der Waals surface area contributed by atoms with Crippen LogP contribution in [0.3, 0.4) is 0 Å². The van der Waals surface area contributed by atoms with Crippen LogP contribution in [0.2, 0.25) is 0 Å². The Morgan fingerprint density at radius 1 is 1.18 bits per heavy atom. The Labute approximate surface area is 102 Å². The summed E-state index contributed by atoms with van der Waals surface area (Å²) in [6, 6.07) is 0.00495. The van der Waals surface area contributed by atoms with Gasteiger partial charge in [-0.3, -0.25) is 4.90 Å². The van der Waals surface area contributed by atoms with E-state index in [1.54, 1.807) is 0 Å². The minimum absolute atomic E-state index is 0.0137. The number of rotatable bonds is 4. The van der Waals surface area contributed by atoms with Crippen LogP contribution in [0.1, 0.15) is 25.7 Å². The van der Waals surface area contributed by atoms with Crippen molar-refractivity contribution in [3.63, 3.8) is 0 Å². The average molecular weight is 263 g/mol. The molecule has 0 aromatic carbocycles. The SMILES string of the molecule is O=S1(=O)CC(O)C(N(CCO)C2CCCC2)C1. The Bertz CT molecular complexity index is 350. The Balaban J connectivity index is 2.10. The van der Waals surface area contributed by atoms with Gasteiger partial charge in [-0.05, 0) is 12.8 Å². The maximum Gasteiger partial charge on any atom is 0.154 e. The fraction of sp³-hybridized carbons (Fsp3) is 1.00. The van der Waals surface area contributed by atoms with Crippen molar-refractivity contribution in [2.75, 3.05) is 24.7 Å². The summed E-state index contributed by atoms with van der Waals surface area (Å²) < 4.78 is 23.1. The van der Waals surface area contributed by atoms with Gasteiger partial charge in [0, 0.05) is 12.6 Å². The molecule has 1 heterocycles. The second-order valence-corrected chi connectivity index (χ2v) is 7.27. The smallest absolute Gasteiger partial charge is 0.154 e. The minimum atomic E-state index is -3.11. The molecule has 2 N–H and O–H groups in total. The zero-order valence-corrected chi connectivity index (χ0v) is 10.8. The molecule has 0 amide bonds. The van der Waals surface area contributed by atoms with Gasteiger partial charge in [-0.1, -0.05) is 12.8 Å². The molecule has 1 saturated carbocycles. The van der Waals surface area contributed by atoms with Gasteiger partial charge >= 0.3 is 0 Å². The lowest BCUT2D eigenvalue weighted by Gasteiger charge is -2.34. The Morgan fingerprint density at radius 3 is 2.29 bits per heavy atom. The molecule has 2 unspecified atom stereocenters. The molecule has 0 spiro atoms. The third kappa shape index (κ3) is 2.99. The summed E-state index contributed by atoms with van der Waals surface area (Å²) in [6.45, 7) is 0.474. The van der Waals surface area contributed by atoms with Crippen molar-refractivity contribution < 1.29 is 18.6 Å². The maximum atomic E-state index is 11.5. The average Bonchev–Trinajstić information content (AvgIpc) is 2.83. The quantitative estimate of drug-likeness (QED) is 0.707. The van der Waals surface area contributed by atoms with E-state index >= 15 is 0 Å². The molecular weight excluding hydrogens is 242 g/mol. The number of aliphatic hydroxyl groups is 2. The Morgan fingerprint density at radius 2 is 1.82 bits per heavy atom. The number of hydrogen-bond donors (Lipinski definition) is 2. The summed E-state index contributed by atoms with van der Waals surface area (Å²) in [5, 5.41) is 19.0. The van der Waals surface area contributed by atoms with Crippen molar-refractivity contribution in [3.8, 4) is 0 Å². The van der Waals surface area contributed by atoms with Gasteiger partial charge in [0.1, 0.15) is 0 Å². The number of nitrogens with zero attached hydrogens (tertiary/aromatic N) is 1. The van der Waals surface area contributed by atoms with E-state index in [4.69, 9.17) is 5.11 Å². The molecule has 5 nitrogen and oxygen atoms in total. The predicted octanol–water partition coefficient (Wildman–Crippen LogP) is -0.619. The van der Waals surface area contributed by atoms with E-state index in [-0.39, 0.29) is 24.2 Å². The Kier molecular flexibility index (Phi) is 4.07. The summed E-state index contributed by atoms with van der Waals surface area (Å²) in [7, 11) is -3.11. The highest BCUT2D eigenvalue weighted by Gasteiger charge is 2.42. The molecular formula is C11H21NO4S. The standard InChI is InChI=1S/C11H21NO4S/c13-6-5-12(9-3-1-2-4-9)10-7-17(15,16)8-11(10)14/h9-11,13-14H,1-8H2. The summed E-state index contributed by atoms with van der Waals surface area (Å²) in [5.41, 5.74) is 0. The van der Waals surface area contributed by atoms with Gasteiger partial charge in [-0.15, -0.1) is 0 Å². The molecule has 0 aromatic heterocycles. The van der Waals surface area contributed by atoms with Crippen molar-refractivity contribution >= 4 is 9.84 Å². The zero-order chi connectivity index (χ0) is 12.5. The van der Waals surface area contributed by atoms with Crippen molar-refractivity contribution in [2.45, 2.75) is 43.9 Å². The molecule has 6 heteroatoms. The van der Waals surface area contributed by atoms with E-state index in [1.807, 2.05) is 4.90 Å². The van der Waals surface area contributed by atoms with Crippen LogP contribution < -0.4 is 0 Å². The van der Waals surface area contributed by atoms with Crippen LogP contribution in [0.4, 0.5) is 0 Å². The second-order valence-electron chi connectivity index (χ2n) is 5.11. The normalized spacial score (nSPS) is 33.6. The molecule has 2 atom stereocenters. The van der Waals surface area contributed by atoms with Crippen LogP contribution in [0.5, 0.6) is 0 Å². The van der Waals surface area contributed by atoms with Crippen LogP contribution >= 0.6 is 0 Å². The van der Waals surface area contributed by atoms with Crippen molar-refractivity contribution in [1.29, 1.82) is 0 Å². The molecule has 2 aliphatic rings. The molecule has 0 radical (unpaired) electrons. The van der Waals surface area contributed by atoms with E-state index in [0.717, 1.165) is 25.7 Å². The van der Waals surface area contributed by atoms with E-state index < -0.39 is 15.9 Å². The fourth-order valence-corrected chi connectivity index (χ4v) is 4.91. The van der Waals surface area contributed by atoms with Gasteiger partial charge in [0.2, 0.25) is 0 Å². The van der Waals surface area contributed by atoms with Crippen molar-refractivity contribution in [2.24, 2.45) is 0 Å². The highest BCUT2D eigenvalue weighted by atomic mass is 32.2. The molecule has 17 heavy (non-hydrogen) atoms. The second kappa shape index (κ2) is 5.22. The predicted molar refractivity (Wildman–Crippen MR) is 64.5 cm³/mol. The first-order valence-corrected chi connectivity index (χ1v) is 8.11. The monoisotopic (exact) mass is 263 g/mol. The van der Waals surface area contributed by atoms with Gasteiger partial charge < -0.3 is 10.2 Å². The first-order valence-electron chi connectivity index (χ1n) is 6.28. The Hall–Kier alpha value is -0.170. The highest BCUT2D eigenvalue weighted by molar-refractivity contribution is 7.91. The molecule has 1 aliphatic heterocycles. The van der Waals surface area contributed by atoms with Gasteiger partial charge in [-0.25, -0.2) is 8.42 Å². The summed E-state index contributed by atoms with van der Waals surface area (Å²) >= 11 is 0. The summed E-state index contributed by atoms with van der Waals surface area (Å²) in [4.78, 5) is 2.02. The zero-order valence-electron chi connectivity index (χ0n) is 9.96. The van der Waals surface area contributed by atoms with Crippen molar-refractivity contribution in [1.82, 2.24) is 4.90 Å². The topological polar surface area (TPSA) is 77.8 Å². The molecule has 100 valence electrons. The van der Waals surface area contributed by atoms with Crippen LogP contribution in [-0.2, 0) is 9.84 Å². The lowest BCUT2D eigenvalue weighted by molar-refractivity contribution is 0.0429. The lowest BCUT2D eigenvalue weighted by Crippen LogP contribution is -2.49. The number of sulfone groups is 1.